The number of hydrogen-bond acceptors (Lipinski definition) is 4. The number of ether oxygens (including phenoxy) is 2. The van der Waals surface area contributed by atoms with Gasteiger partial charge in [-0.3, -0.25) is 9.59 Å². The van der Waals surface area contributed by atoms with Crippen molar-refractivity contribution >= 4 is 23.2 Å². The second-order valence-electron chi connectivity index (χ2n) is 11.6. The van der Waals surface area contributed by atoms with Gasteiger partial charge in [-0.05, 0) is 86.1 Å². The second kappa shape index (κ2) is 16.9. The summed E-state index contributed by atoms with van der Waals surface area (Å²) in [5.74, 6) is 3.24. The van der Waals surface area contributed by atoms with Gasteiger partial charge in [-0.15, -0.1) is 0 Å². The van der Waals surface area contributed by atoms with Crippen molar-refractivity contribution in [1.82, 2.24) is 0 Å². The molecule has 2 aliphatic carbocycles. The molecule has 0 aromatic heterocycles. The van der Waals surface area contributed by atoms with E-state index in [1.54, 1.807) is 0 Å². The van der Waals surface area contributed by atoms with E-state index in [4.69, 9.17) is 9.47 Å². The van der Waals surface area contributed by atoms with Gasteiger partial charge in [-0.25, -0.2) is 0 Å². The number of rotatable bonds is 15. The molecule has 6 nitrogen and oxygen atoms in total. The standard InChI is InChI=1S/C34H48N2O4/c37-33(35-29-15-19-31(20-16-29)39-25-23-27-9-3-1-4-10-27)13-7-8-14-34(38)36-30-17-21-32(22-18-30)40-26-24-28-11-5-2-6-12-28/h15-22,27-28H,1-14,23-26H2,(H,35,37)(H,36,38). The van der Waals surface area contributed by atoms with Gasteiger partial charge >= 0.3 is 0 Å². The van der Waals surface area contributed by atoms with Gasteiger partial charge in [0.15, 0.2) is 0 Å². The van der Waals surface area contributed by atoms with Crippen LogP contribution in [0.3, 0.4) is 0 Å². The molecule has 2 N–H and O–H groups in total. The summed E-state index contributed by atoms with van der Waals surface area (Å²) in [6.07, 6.45) is 17.9. The number of anilines is 2. The highest BCUT2D eigenvalue weighted by atomic mass is 16.5. The van der Waals surface area contributed by atoms with Crippen LogP contribution in [0.15, 0.2) is 48.5 Å². The number of carbonyl (C=O) groups excluding carboxylic acids is 2. The van der Waals surface area contributed by atoms with Gasteiger partial charge in [-0.1, -0.05) is 64.2 Å². The molecule has 2 aliphatic rings. The van der Waals surface area contributed by atoms with Gasteiger partial charge in [0.1, 0.15) is 11.5 Å². The molecule has 0 spiro atoms. The Morgan fingerprint density at radius 2 is 0.950 bits per heavy atom. The first-order chi connectivity index (χ1) is 19.6. The average Bonchev–Trinajstić information content (AvgIpc) is 2.98. The molecule has 2 aromatic carbocycles. The minimum Gasteiger partial charge on any atom is -0.494 e. The predicted octanol–water partition coefficient (Wildman–Crippen LogP) is 8.52. The summed E-state index contributed by atoms with van der Waals surface area (Å²) in [7, 11) is 0. The van der Waals surface area contributed by atoms with Crippen LogP contribution in [0.1, 0.15) is 103 Å². The lowest BCUT2D eigenvalue weighted by molar-refractivity contribution is -0.118. The topological polar surface area (TPSA) is 76.7 Å². The lowest BCUT2D eigenvalue weighted by Crippen LogP contribution is -2.13. The first kappa shape index (κ1) is 30.0. The molecule has 2 aromatic rings. The van der Waals surface area contributed by atoms with Crippen molar-refractivity contribution in [3.05, 3.63) is 48.5 Å². The van der Waals surface area contributed by atoms with E-state index in [0.717, 1.165) is 60.8 Å². The van der Waals surface area contributed by atoms with Gasteiger partial charge in [0.05, 0.1) is 13.2 Å². The monoisotopic (exact) mass is 548 g/mol. The zero-order valence-corrected chi connectivity index (χ0v) is 24.1. The van der Waals surface area contributed by atoms with Crippen LogP contribution in [0.25, 0.3) is 0 Å². The molecule has 40 heavy (non-hydrogen) atoms. The Bertz CT molecular complexity index is 926. The SMILES string of the molecule is O=C(CCCCC(=O)Nc1ccc(OCCC2CCCCC2)cc1)Nc1ccc(OCCC2CCCCC2)cc1. The molecule has 0 saturated heterocycles. The third-order valence-corrected chi connectivity index (χ3v) is 8.37. The molecule has 2 amide bonds. The molecular formula is C34H48N2O4. The molecule has 218 valence electrons. The zero-order valence-electron chi connectivity index (χ0n) is 24.1. The quantitative estimate of drug-likeness (QED) is 0.219. The van der Waals surface area contributed by atoms with Crippen molar-refractivity contribution in [2.24, 2.45) is 11.8 Å². The van der Waals surface area contributed by atoms with Crippen LogP contribution in [0, 0.1) is 11.8 Å². The van der Waals surface area contributed by atoms with E-state index < -0.39 is 0 Å². The maximum atomic E-state index is 12.3. The Kier molecular flexibility index (Phi) is 12.7. The van der Waals surface area contributed by atoms with Gasteiger partial charge in [0, 0.05) is 24.2 Å². The summed E-state index contributed by atoms with van der Waals surface area (Å²) in [6.45, 7) is 1.51. The van der Waals surface area contributed by atoms with E-state index in [-0.39, 0.29) is 11.8 Å². The smallest absolute Gasteiger partial charge is 0.224 e. The third kappa shape index (κ3) is 11.2. The maximum Gasteiger partial charge on any atom is 0.224 e. The molecule has 0 aliphatic heterocycles. The first-order valence-electron chi connectivity index (χ1n) is 15.7. The van der Waals surface area contributed by atoms with Crippen molar-refractivity contribution in [2.75, 3.05) is 23.8 Å². The minimum absolute atomic E-state index is 0.0366. The van der Waals surface area contributed by atoms with Crippen molar-refractivity contribution in [2.45, 2.75) is 103 Å². The van der Waals surface area contributed by atoms with Crippen LogP contribution >= 0.6 is 0 Å². The number of amides is 2. The summed E-state index contributed by atoms with van der Waals surface area (Å²) in [6, 6.07) is 15.2. The van der Waals surface area contributed by atoms with E-state index in [1.165, 1.54) is 64.2 Å². The molecule has 2 saturated carbocycles. The highest BCUT2D eigenvalue weighted by molar-refractivity contribution is 5.91. The van der Waals surface area contributed by atoms with Gasteiger partial charge < -0.3 is 20.1 Å². The fourth-order valence-corrected chi connectivity index (χ4v) is 5.93. The van der Waals surface area contributed by atoms with Crippen LogP contribution in [0.2, 0.25) is 0 Å². The molecule has 0 radical (unpaired) electrons. The lowest BCUT2D eigenvalue weighted by atomic mass is 9.87. The molecule has 0 bridgehead atoms. The largest absolute Gasteiger partial charge is 0.494 e. The predicted molar refractivity (Wildman–Crippen MR) is 162 cm³/mol. The zero-order chi connectivity index (χ0) is 27.8. The maximum absolute atomic E-state index is 12.3. The Balaban J connectivity index is 1.03. The Morgan fingerprint density at radius 1 is 0.575 bits per heavy atom. The van der Waals surface area contributed by atoms with Gasteiger partial charge in [0.2, 0.25) is 11.8 Å². The van der Waals surface area contributed by atoms with E-state index >= 15 is 0 Å². The molecule has 6 heteroatoms. The van der Waals surface area contributed by atoms with Crippen LogP contribution in [-0.2, 0) is 9.59 Å². The summed E-state index contributed by atoms with van der Waals surface area (Å²) >= 11 is 0. The second-order valence-corrected chi connectivity index (χ2v) is 11.6. The summed E-state index contributed by atoms with van der Waals surface area (Å²) in [5.41, 5.74) is 1.53. The lowest BCUT2D eigenvalue weighted by Gasteiger charge is -2.21. The Morgan fingerprint density at radius 3 is 1.32 bits per heavy atom. The van der Waals surface area contributed by atoms with Crippen molar-refractivity contribution < 1.29 is 19.1 Å². The van der Waals surface area contributed by atoms with E-state index in [2.05, 4.69) is 10.6 Å². The molecular weight excluding hydrogens is 500 g/mol. The van der Waals surface area contributed by atoms with Crippen LogP contribution in [-0.4, -0.2) is 25.0 Å². The molecule has 2 fully saturated rings. The van der Waals surface area contributed by atoms with Crippen molar-refractivity contribution in [3.63, 3.8) is 0 Å². The van der Waals surface area contributed by atoms with Gasteiger partial charge in [0.25, 0.3) is 0 Å². The molecule has 4 rings (SSSR count). The highest BCUT2D eigenvalue weighted by Gasteiger charge is 2.14. The van der Waals surface area contributed by atoms with Crippen molar-refractivity contribution in [1.29, 1.82) is 0 Å². The third-order valence-electron chi connectivity index (χ3n) is 8.37. The summed E-state index contributed by atoms with van der Waals surface area (Å²) in [5, 5.41) is 5.87. The Hall–Kier alpha value is -3.02. The number of hydrogen-bond donors (Lipinski definition) is 2. The highest BCUT2D eigenvalue weighted by Crippen LogP contribution is 2.28. The molecule has 0 unspecified atom stereocenters. The Labute approximate surface area is 240 Å². The first-order valence-corrected chi connectivity index (χ1v) is 15.7. The number of carbonyl (C=O) groups is 2. The number of benzene rings is 2. The van der Waals surface area contributed by atoms with Crippen LogP contribution in [0.4, 0.5) is 11.4 Å². The van der Waals surface area contributed by atoms with Crippen molar-refractivity contribution in [3.8, 4) is 11.5 Å². The van der Waals surface area contributed by atoms with Gasteiger partial charge in [-0.2, -0.15) is 0 Å². The fraction of sp³-hybridized carbons (Fsp3) is 0.588. The van der Waals surface area contributed by atoms with E-state index in [1.807, 2.05) is 48.5 Å². The minimum atomic E-state index is -0.0366. The molecule has 0 atom stereocenters. The fourth-order valence-electron chi connectivity index (χ4n) is 5.93. The number of unbranched alkanes of at least 4 members (excludes halogenated alkanes) is 1. The van der Waals surface area contributed by atoms with Crippen LogP contribution in [0.5, 0.6) is 11.5 Å². The normalized spacial score (nSPS) is 16.3. The van der Waals surface area contributed by atoms with E-state index in [0.29, 0.717) is 25.7 Å². The average molecular weight is 549 g/mol. The van der Waals surface area contributed by atoms with Crippen LogP contribution < -0.4 is 20.1 Å². The summed E-state index contributed by atoms with van der Waals surface area (Å²) < 4.78 is 11.8. The number of nitrogens with one attached hydrogen (secondary N) is 2. The summed E-state index contributed by atoms with van der Waals surface area (Å²) in [4.78, 5) is 24.6. The molecule has 0 heterocycles. The van der Waals surface area contributed by atoms with E-state index in [9.17, 15) is 9.59 Å².